The SMILES string of the molecule is CCCCCC(=O)NC[C@H]1CC[C@@H](Nc2cc(N(C)C)c3ccccc3n2)CC1. The minimum absolute atomic E-state index is 0.218. The lowest BCUT2D eigenvalue weighted by Gasteiger charge is -2.30. The predicted octanol–water partition coefficient (Wildman–Crippen LogP) is 4.97. The van der Waals surface area contributed by atoms with Gasteiger partial charge in [-0.15, -0.1) is 0 Å². The zero-order valence-corrected chi connectivity index (χ0v) is 18.2. The van der Waals surface area contributed by atoms with E-state index in [4.69, 9.17) is 4.98 Å². The zero-order valence-electron chi connectivity index (χ0n) is 18.2. The van der Waals surface area contributed by atoms with Gasteiger partial charge in [0.1, 0.15) is 5.82 Å². The van der Waals surface area contributed by atoms with Crippen molar-refractivity contribution in [2.75, 3.05) is 30.9 Å². The Morgan fingerprint density at radius 3 is 2.62 bits per heavy atom. The van der Waals surface area contributed by atoms with Crippen LogP contribution in [0.4, 0.5) is 11.5 Å². The van der Waals surface area contributed by atoms with Crippen molar-refractivity contribution < 1.29 is 4.79 Å². The Hall–Kier alpha value is -2.30. The van der Waals surface area contributed by atoms with Crippen LogP contribution in [0, 0.1) is 5.92 Å². The van der Waals surface area contributed by atoms with Crippen LogP contribution in [-0.2, 0) is 4.79 Å². The molecule has 158 valence electrons. The molecule has 5 nitrogen and oxygen atoms in total. The van der Waals surface area contributed by atoms with Gasteiger partial charge in [0.25, 0.3) is 0 Å². The second-order valence-corrected chi connectivity index (χ2v) is 8.56. The Labute approximate surface area is 175 Å². The standard InChI is InChI=1S/C24H36N4O/c1-4-5-6-11-24(29)25-17-18-12-14-19(15-13-18)26-23-16-22(28(2)3)20-9-7-8-10-21(20)27-23/h7-10,16,18-19H,4-6,11-15,17H2,1-3H3,(H,25,29)(H,26,27)/t18-,19+. The van der Waals surface area contributed by atoms with Gasteiger partial charge in [0.2, 0.25) is 5.91 Å². The molecular formula is C24H36N4O. The summed E-state index contributed by atoms with van der Waals surface area (Å²) in [5, 5.41) is 7.98. The van der Waals surface area contributed by atoms with Gasteiger partial charge in [-0.1, -0.05) is 38.0 Å². The Bertz CT molecular complexity index is 797. The van der Waals surface area contributed by atoms with E-state index in [2.05, 4.69) is 60.8 Å². The maximum atomic E-state index is 11.9. The van der Waals surface area contributed by atoms with Gasteiger partial charge in [-0.25, -0.2) is 4.98 Å². The van der Waals surface area contributed by atoms with Crippen LogP contribution in [0.15, 0.2) is 30.3 Å². The highest BCUT2D eigenvalue weighted by atomic mass is 16.1. The summed E-state index contributed by atoms with van der Waals surface area (Å²) in [7, 11) is 4.15. The molecule has 0 radical (unpaired) electrons. The monoisotopic (exact) mass is 396 g/mol. The molecule has 1 heterocycles. The average Bonchev–Trinajstić information content (AvgIpc) is 2.73. The van der Waals surface area contributed by atoms with Crippen molar-refractivity contribution >= 4 is 28.3 Å². The van der Waals surface area contributed by atoms with Gasteiger partial charge in [0.05, 0.1) is 5.52 Å². The molecule has 0 unspecified atom stereocenters. The number of carbonyl (C=O) groups excluding carboxylic acids is 1. The third kappa shape index (κ3) is 6.09. The number of amides is 1. The Balaban J connectivity index is 1.50. The van der Waals surface area contributed by atoms with E-state index in [9.17, 15) is 4.79 Å². The summed E-state index contributed by atoms with van der Waals surface area (Å²) in [5.41, 5.74) is 2.22. The molecular weight excluding hydrogens is 360 g/mol. The molecule has 1 aliphatic rings. The largest absolute Gasteiger partial charge is 0.377 e. The highest BCUT2D eigenvalue weighted by Gasteiger charge is 2.22. The van der Waals surface area contributed by atoms with E-state index in [-0.39, 0.29) is 5.91 Å². The lowest BCUT2D eigenvalue weighted by molar-refractivity contribution is -0.121. The van der Waals surface area contributed by atoms with Crippen molar-refractivity contribution in [3.8, 4) is 0 Å². The fourth-order valence-corrected chi connectivity index (χ4v) is 4.20. The number of hydrogen-bond donors (Lipinski definition) is 2. The molecule has 29 heavy (non-hydrogen) atoms. The normalized spacial score (nSPS) is 19.1. The van der Waals surface area contributed by atoms with Crippen LogP contribution in [0.25, 0.3) is 10.9 Å². The number of para-hydroxylation sites is 1. The molecule has 1 amide bonds. The molecule has 0 aliphatic heterocycles. The van der Waals surface area contributed by atoms with Crippen LogP contribution >= 0.6 is 0 Å². The van der Waals surface area contributed by atoms with Crippen molar-refractivity contribution in [1.29, 1.82) is 0 Å². The van der Waals surface area contributed by atoms with E-state index in [1.165, 1.54) is 11.1 Å². The van der Waals surface area contributed by atoms with Gasteiger partial charge < -0.3 is 15.5 Å². The van der Waals surface area contributed by atoms with Crippen LogP contribution < -0.4 is 15.5 Å². The Kier molecular flexibility index (Phi) is 7.73. The van der Waals surface area contributed by atoms with Crippen molar-refractivity contribution in [1.82, 2.24) is 10.3 Å². The molecule has 0 spiro atoms. The van der Waals surface area contributed by atoms with Crippen molar-refractivity contribution in [3.05, 3.63) is 30.3 Å². The number of fused-ring (bicyclic) bond motifs is 1. The first kappa shape index (κ1) is 21.4. The Morgan fingerprint density at radius 1 is 1.14 bits per heavy atom. The quantitative estimate of drug-likeness (QED) is 0.588. The van der Waals surface area contributed by atoms with Crippen molar-refractivity contribution in [2.24, 2.45) is 5.92 Å². The number of unbranched alkanes of at least 4 members (excludes halogenated alkanes) is 2. The third-order valence-corrected chi connectivity index (χ3v) is 5.97. The number of benzene rings is 1. The maximum absolute atomic E-state index is 11.9. The van der Waals surface area contributed by atoms with Crippen LogP contribution in [0.1, 0.15) is 58.3 Å². The highest BCUT2D eigenvalue weighted by molar-refractivity contribution is 5.93. The number of carbonyl (C=O) groups is 1. The van der Waals surface area contributed by atoms with E-state index in [0.717, 1.165) is 62.8 Å². The van der Waals surface area contributed by atoms with E-state index < -0.39 is 0 Å². The van der Waals surface area contributed by atoms with E-state index in [1.54, 1.807) is 0 Å². The molecule has 2 aromatic rings. The molecule has 0 bridgehead atoms. The molecule has 3 rings (SSSR count). The second-order valence-electron chi connectivity index (χ2n) is 8.56. The summed E-state index contributed by atoms with van der Waals surface area (Å²) >= 11 is 0. The summed E-state index contributed by atoms with van der Waals surface area (Å²) in [6.45, 7) is 3.00. The molecule has 1 saturated carbocycles. The summed E-state index contributed by atoms with van der Waals surface area (Å²) in [6, 6.07) is 10.9. The van der Waals surface area contributed by atoms with E-state index in [0.29, 0.717) is 18.4 Å². The summed E-state index contributed by atoms with van der Waals surface area (Å²) in [4.78, 5) is 18.9. The zero-order chi connectivity index (χ0) is 20.6. The molecule has 2 N–H and O–H groups in total. The van der Waals surface area contributed by atoms with Crippen LogP contribution in [0.5, 0.6) is 0 Å². The summed E-state index contributed by atoms with van der Waals surface area (Å²) in [6.07, 6.45) is 8.54. The van der Waals surface area contributed by atoms with Crippen LogP contribution in [0.2, 0.25) is 0 Å². The predicted molar refractivity (Wildman–Crippen MR) is 123 cm³/mol. The smallest absolute Gasteiger partial charge is 0.220 e. The topological polar surface area (TPSA) is 57.3 Å². The maximum Gasteiger partial charge on any atom is 0.220 e. The van der Waals surface area contributed by atoms with E-state index in [1.807, 2.05) is 6.07 Å². The molecule has 5 heteroatoms. The molecule has 0 atom stereocenters. The number of aromatic nitrogens is 1. The first-order chi connectivity index (χ1) is 14.1. The number of hydrogen-bond acceptors (Lipinski definition) is 4. The van der Waals surface area contributed by atoms with Gasteiger partial charge in [-0.2, -0.15) is 0 Å². The lowest BCUT2D eigenvalue weighted by Crippen LogP contribution is -2.34. The average molecular weight is 397 g/mol. The van der Waals surface area contributed by atoms with E-state index >= 15 is 0 Å². The van der Waals surface area contributed by atoms with Gasteiger partial charge in [0.15, 0.2) is 0 Å². The molecule has 1 fully saturated rings. The number of nitrogens with zero attached hydrogens (tertiary/aromatic N) is 2. The van der Waals surface area contributed by atoms with Gasteiger partial charge in [-0.05, 0) is 44.1 Å². The molecule has 0 saturated heterocycles. The van der Waals surface area contributed by atoms with Gasteiger partial charge >= 0.3 is 0 Å². The molecule has 1 aromatic carbocycles. The second kappa shape index (κ2) is 10.5. The lowest BCUT2D eigenvalue weighted by atomic mass is 9.86. The number of nitrogens with one attached hydrogen (secondary N) is 2. The number of anilines is 2. The first-order valence-corrected chi connectivity index (χ1v) is 11.2. The molecule has 1 aromatic heterocycles. The van der Waals surface area contributed by atoms with Crippen LogP contribution in [0.3, 0.4) is 0 Å². The minimum Gasteiger partial charge on any atom is -0.377 e. The first-order valence-electron chi connectivity index (χ1n) is 11.2. The van der Waals surface area contributed by atoms with Gasteiger partial charge in [0, 0.05) is 50.2 Å². The molecule has 1 aliphatic carbocycles. The third-order valence-electron chi connectivity index (χ3n) is 5.97. The Morgan fingerprint density at radius 2 is 1.90 bits per heavy atom. The summed E-state index contributed by atoms with van der Waals surface area (Å²) in [5.74, 6) is 1.78. The fraction of sp³-hybridized carbons (Fsp3) is 0.583. The fourth-order valence-electron chi connectivity index (χ4n) is 4.20. The van der Waals surface area contributed by atoms with Crippen LogP contribution in [-0.4, -0.2) is 37.6 Å². The number of pyridine rings is 1. The highest BCUT2D eigenvalue weighted by Crippen LogP contribution is 2.30. The van der Waals surface area contributed by atoms with Gasteiger partial charge in [-0.3, -0.25) is 4.79 Å². The van der Waals surface area contributed by atoms with Crippen molar-refractivity contribution in [2.45, 2.75) is 64.3 Å². The minimum atomic E-state index is 0.218. The summed E-state index contributed by atoms with van der Waals surface area (Å²) < 4.78 is 0. The van der Waals surface area contributed by atoms with Crippen molar-refractivity contribution in [3.63, 3.8) is 0 Å². The number of rotatable bonds is 9.